The smallest absolute Gasteiger partial charge is 0.242 e. The molecule has 1 aliphatic rings. The number of hydrogen-bond acceptors (Lipinski definition) is 2. The fraction of sp³-hybridized carbons (Fsp3) is 0.333. The summed E-state index contributed by atoms with van der Waals surface area (Å²) in [6.07, 6.45) is 0.885. The van der Waals surface area contributed by atoms with Gasteiger partial charge in [-0.2, -0.15) is 0 Å². The van der Waals surface area contributed by atoms with E-state index in [1.165, 1.54) is 23.3 Å². The maximum atomic E-state index is 13.3. The molecule has 2 aromatic rings. The summed E-state index contributed by atoms with van der Waals surface area (Å²) in [5.74, 6) is 0.314. The van der Waals surface area contributed by atoms with Crippen LogP contribution in [0.5, 0.6) is 0 Å². The lowest BCUT2D eigenvalue weighted by molar-refractivity contribution is -0.130. The van der Waals surface area contributed by atoms with E-state index in [2.05, 4.69) is 27.8 Å². The number of benzene rings is 2. The first-order valence-corrected chi connectivity index (χ1v) is 9.27. The molecule has 0 spiro atoms. The number of guanidine groups is 1. The summed E-state index contributed by atoms with van der Waals surface area (Å²) in [6.45, 7) is 4.54. The second kappa shape index (κ2) is 11.0. The van der Waals surface area contributed by atoms with Gasteiger partial charge in [0.25, 0.3) is 0 Å². The van der Waals surface area contributed by atoms with Crippen molar-refractivity contribution >= 4 is 35.8 Å². The van der Waals surface area contributed by atoms with Crippen molar-refractivity contribution in [3.63, 3.8) is 0 Å². The Bertz CT molecular complexity index is 828. The molecule has 2 aromatic carbocycles. The third kappa shape index (κ3) is 6.19. The van der Waals surface area contributed by atoms with E-state index in [9.17, 15) is 9.18 Å². The molecule has 1 heterocycles. The van der Waals surface area contributed by atoms with E-state index >= 15 is 0 Å². The van der Waals surface area contributed by atoms with E-state index in [1.54, 1.807) is 6.07 Å². The van der Waals surface area contributed by atoms with E-state index < -0.39 is 0 Å². The molecule has 5 nitrogen and oxygen atoms in total. The zero-order valence-corrected chi connectivity index (χ0v) is 18.3. The Morgan fingerprint density at radius 3 is 2.68 bits per heavy atom. The average molecular weight is 496 g/mol. The predicted octanol–water partition coefficient (Wildman–Crippen LogP) is 3.08. The van der Waals surface area contributed by atoms with Crippen LogP contribution in [0.2, 0.25) is 0 Å². The van der Waals surface area contributed by atoms with Gasteiger partial charge in [0.1, 0.15) is 5.82 Å². The molecule has 0 saturated carbocycles. The average Bonchev–Trinajstić information content (AvgIpc) is 2.69. The van der Waals surface area contributed by atoms with Crippen molar-refractivity contribution < 1.29 is 9.18 Å². The molecule has 0 aromatic heterocycles. The summed E-state index contributed by atoms with van der Waals surface area (Å²) in [5, 5.41) is 6.20. The minimum Gasteiger partial charge on any atom is -0.357 e. The summed E-state index contributed by atoms with van der Waals surface area (Å²) in [4.78, 5) is 18.9. The van der Waals surface area contributed by atoms with Crippen LogP contribution in [0.15, 0.2) is 53.5 Å². The van der Waals surface area contributed by atoms with Crippen LogP contribution >= 0.6 is 24.0 Å². The minimum atomic E-state index is -0.277. The van der Waals surface area contributed by atoms with Crippen LogP contribution in [0.4, 0.5) is 4.39 Å². The largest absolute Gasteiger partial charge is 0.357 e. The molecular weight excluding hydrogens is 470 g/mol. The first-order valence-electron chi connectivity index (χ1n) is 9.27. The van der Waals surface area contributed by atoms with Gasteiger partial charge < -0.3 is 15.5 Å². The Morgan fingerprint density at radius 1 is 1.14 bits per heavy atom. The Morgan fingerprint density at radius 2 is 1.93 bits per heavy atom. The molecule has 150 valence electrons. The highest BCUT2D eigenvalue weighted by Gasteiger charge is 2.20. The van der Waals surface area contributed by atoms with E-state index in [-0.39, 0.29) is 42.2 Å². The molecule has 7 heteroatoms. The molecule has 0 saturated heterocycles. The summed E-state index contributed by atoms with van der Waals surface area (Å²) in [7, 11) is 0. The molecule has 1 amide bonds. The molecule has 3 rings (SSSR count). The van der Waals surface area contributed by atoms with E-state index in [0.29, 0.717) is 25.6 Å². The number of fused-ring (bicyclic) bond motifs is 1. The highest BCUT2D eigenvalue weighted by atomic mass is 127. The number of halogens is 2. The molecule has 0 atom stereocenters. The zero-order chi connectivity index (χ0) is 19.1. The zero-order valence-electron chi connectivity index (χ0n) is 16.0. The number of carbonyl (C=O) groups excluding carboxylic acids is 1. The number of rotatable bonds is 5. The number of nitrogens with zero attached hydrogens (tertiary/aromatic N) is 2. The van der Waals surface area contributed by atoms with E-state index in [0.717, 1.165) is 18.5 Å². The summed E-state index contributed by atoms with van der Waals surface area (Å²) in [6, 6.07) is 14.6. The Labute approximate surface area is 182 Å². The lowest BCUT2D eigenvalue weighted by atomic mass is 10.00. The summed E-state index contributed by atoms with van der Waals surface area (Å²) >= 11 is 0. The third-order valence-electron chi connectivity index (χ3n) is 4.54. The molecular formula is C21H26FIN4O. The second-order valence-electron chi connectivity index (χ2n) is 6.51. The van der Waals surface area contributed by atoms with Crippen molar-refractivity contribution in [2.24, 2.45) is 4.99 Å². The lowest BCUT2D eigenvalue weighted by Gasteiger charge is -2.29. The minimum absolute atomic E-state index is 0. The molecule has 1 aliphatic heterocycles. The van der Waals surface area contributed by atoms with E-state index in [1.807, 2.05) is 30.0 Å². The predicted molar refractivity (Wildman–Crippen MR) is 120 cm³/mol. The van der Waals surface area contributed by atoms with Gasteiger partial charge in [-0.15, -0.1) is 24.0 Å². The van der Waals surface area contributed by atoms with Crippen LogP contribution in [0.25, 0.3) is 0 Å². The van der Waals surface area contributed by atoms with Gasteiger partial charge in [0.15, 0.2) is 5.96 Å². The van der Waals surface area contributed by atoms with Gasteiger partial charge in [0.05, 0.1) is 13.1 Å². The van der Waals surface area contributed by atoms with Crippen LogP contribution < -0.4 is 10.6 Å². The monoisotopic (exact) mass is 496 g/mol. The molecule has 0 bridgehead atoms. The van der Waals surface area contributed by atoms with Gasteiger partial charge in [-0.05, 0) is 42.2 Å². The highest BCUT2D eigenvalue weighted by molar-refractivity contribution is 14.0. The normalized spacial score (nSPS) is 13.4. The maximum Gasteiger partial charge on any atom is 0.242 e. The molecule has 0 unspecified atom stereocenters. The van der Waals surface area contributed by atoms with Crippen molar-refractivity contribution in [2.45, 2.75) is 26.4 Å². The summed E-state index contributed by atoms with van der Waals surface area (Å²) in [5.41, 5.74) is 3.31. The number of amides is 1. The number of carbonyl (C=O) groups is 1. The third-order valence-corrected chi connectivity index (χ3v) is 4.54. The Balaban J connectivity index is 0.00000280. The molecule has 2 N–H and O–H groups in total. The first-order chi connectivity index (χ1) is 13.2. The number of aliphatic imine (C=N–C) groups is 1. The Kier molecular flexibility index (Phi) is 8.69. The van der Waals surface area contributed by atoms with Gasteiger partial charge >= 0.3 is 0 Å². The SMILES string of the molecule is CCNC(=NCc1cccc(F)c1)NCC(=O)N1CCc2ccccc2C1.I. The standard InChI is InChI=1S/C21H25FN4O.HI/c1-2-23-21(24-13-16-6-5-9-19(22)12-16)25-14-20(27)26-11-10-17-7-3-4-8-18(17)15-26;/h3-9,12H,2,10-11,13-15H2,1H3,(H2,23,24,25);1H. The number of nitrogens with one attached hydrogen (secondary N) is 2. The highest BCUT2D eigenvalue weighted by Crippen LogP contribution is 2.18. The van der Waals surface area contributed by atoms with Gasteiger partial charge in [-0.3, -0.25) is 4.79 Å². The topological polar surface area (TPSA) is 56.7 Å². The van der Waals surface area contributed by atoms with Crippen LogP contribution in [-0.4, -0.2) is 36.4 Å². The van der Waals surface area contributed by atoms with Crippen LogP contribution in [0.3, 0.4) is 0 Å². The van der Waals surface area contributed by atoms with Crippen LogP contribution in [-0.2, 0) is 24.3 Å². The molecule has 0 aliphatic carbocycles. The second-order valence-corrected chi connectivity index (χ2v) is 6.51. The van der Waals surface area contributed by atoms with Crippen molar-refractivity contribution in [1.82, 2.24) is 15.5 Å². The van der Waals surface area contributed by atoms with Gasteiger partial charge in [-0.1, -0.05) is 36.4 Å². The lowest BCUT2D eigenvalue weighted by Crippen LogP contribution is -2.45. The van der Waals surface area contributed by atoms with Crippen molar-refractivity contribution in [3.05, 3.63) is 71.0 Å². The van der Waals surface area contributed by atoms with E-state index in [4.69, 9.17) is 0 Å². The summed E-state index contributed by atoms with van der Waals surface area (Å²) < 4.78 is 13.3. The number of hydrogen-bond donors (Lipinski definition) is 2. The van der Waals surface area contributed by atoms with Crippen LogP contribution in [0.1, 0.15) is 23.6 Å². The first kappa shape index (κ1) is 22.1. The van der Waals surface area contributed by atoms with Gasteiger partial charge in [0.2, 0.25) is 5.91 Å². The quantitative estimate of drug-likeness (QED) is 0.380. The molecule has 28 heavy (non-hydrogen) atoms. The molecule has 0 fully saturated rings. The van der Waals surface area contributed by atoms with Gasteiger partial charge in [0, 0.05) is 19.6 Å². The van der Waals surface area contributed by atoms with Crippen LogP contribution in [0, 0.1) is 5.82 Å². The Hall–Kier alpha value is -2.16. The van der Waals surface area contributed by atoms with Gasteiger partial charge in [-0.25, -0.2) is 9.38 Å². The van der Waals surface area contributed by atoms with Crippen molar-refractivity contribution in [1.29, 1.82) is 0 Å². The van der Waals surface area contributed by atoms with Crippen molar-refractivity contribution in [2.75, 3.05) is 19.6 Å². The fourth-order valence-corrected chi connectivity index (χ4v) is 3.13. The fourth-order valence-electron chi connectivity index (χ4n) is 3.13. The maximum absolute atomic E-state index is 13.3. The van der Waals surface area contributed by atoms with Crippen molar-refractivity contribution in [3.8, 4) is 0 Å². The molecule has 0 radical (unpaired) electrons.